The Morgan fingerprint density at radius 1 is 1.13 bits per heavy atom. The summed E-state index contributed by atoms with van der Waals surface area (Å²) in [6, 6.07) is 10.5. The van der Waals surface area contributed by atoms with E-state index in [0.717, 1.165) is 38.0 Å². The number of piperidine rings is 1. The molecule has 0 saturated carbocycles. The van der Waals surface area contributed by atoms with E-state index in [4.69, 9.17) is 9.47 Å². The molecule has 30 heavy (non-hydrogen) atoms. The van der Waals surface area contributed by atoms with Gasteiger partial charge in [0, 0.05) is 24.7 Å². The number of ether oxygens (including phenoxy) is 2. The molecule has 2 aliphatic rings. The van der Waals surface area contributed by atoms with Crippen LogP contribution in [0.4, 0.5) is 11.4 Å². The average Bonchev–Trinajstić information content (AvgIpc) is 2.79. The molecule has 2 heterocycles. The molecular weight excluding hydrogens is 382 g/mol. The molecule has 0 spiro atoms. The molecule has 158 valence electrons. The van der Waals surface area contributed by atoms with Crippen molar-refractivity contribution >= 4 is 23.2 Å². The molecule has 0 radical (unpaired) electrons. The minimum absolute atomic E-state index is 0.0563. The Kier molecular flexibility index (Phi) is 5.53. The number of hydrogen-bond donors (Lipinski definition) is 1. The molecule has 2 aliphatic heterocycles. The second-order valence-corrected chi connectivity index (χ2v) is 7.51. The fraction of sp³-hybridized carbons (Fsp3) is 0.391. The zero-order valence-corrected chi connectivity index (χ0v) is 17.6. The number of rotatable bonds is 5. The molecule has 2 aromatic rings. The molecule has 1 atom stereocenters. The monoisotopic (exact) mass is 409 g/mol. The first-order valence-corrected chi connectivity index (χ1v) is 10.3. The van der Waals surface area contributed by atoms with Gasteiger partial charge in [0.1, 0.15) is 17.7 Å². The Balaban J connectivity index is 1.66. The van der Waals surface area contributed by atoms with Crippen molar-refractivity contribution in [3.8, 4) is 11.5 Å². The Bertz CT molecular complexity index is 975. The molecule has 1 unspecified atom stereocenters. The molecule has 2 aromatic carbocycles. The number of hydrogen-bond acceptors (Lipinski definition) is 5. The SMILES string of the molecule is CCN1c2cc(C(=O)Nc3cc(OC)ccc3OC)ccc2C(=O)N2CCCCC21. The quantitative estimate of drug-likeness (QED) is 0.814. The van der Waals surface area contributed by atoms with Crippen LogP contribution in [0.2, 0.25) is 0 Å². The van der Waals surface area contributed by atoms with Crippen LogP contribution in [0.5, 0.6) is 11.5 Å². The molecule has 4 rings (SSSR count). The van der Waals surface area contributed by atoms with Gasteiger partial charge in [0.15, 0.2) is 0 Å². The lowest BCUT2D eigenvalue weighted by Crippen LogP contribution is -2.57. The Morgan fingerprint density at radius 3 is 2.70 bits per heavy atom. The van der Waals surface area contributed by atoms with Crippen molar-refractivity contribution in [1.29, 1.82) is 0 Å². The molecule has 0 aromatic heterocycles. The Morgan fingerprint density at radius 2 is 1.97 bits per heavy atom. The first-order valence-electron chi connectivity index (χ1n) is 10.3. The topological polar surface area (TPSA) is 71.1 Å². The van der Waals surface area contributed by atoms with Crippen molar-refractivity contribution in [2.75, 3.05) is 37.5 Å². The summed E-state index contributed by atoms with van der Waals surface area (Å²) in [7, 11) is 3.12. The zero-order valence-electron chi connectivity index (χ0n) is 17.6. The van der Waals surface area contributed by atoms with Crippen molar-refractivity contribution in [2.24, 2.45) is 0 Å². The minimum atomic E-state index is -0.265. The fourth-order valence-electron chi connectivity index (χ4n) is 4.37. The van der Waals surface area contributed by atoms with Gasteiger partial charge >= 0.3 is 0 Å². The predicted octanol–water partition coefficient (Wildman–Crippen LogP) is 3.75. The van der Waals surface area contributed by atoms with Gasteiger partial charge in [-0.2, -0.15) is 0 Å². The van der Waals surface area contributed by atoms with Crippen LogP contribution in [0, 0.1) is 0 Å². The largest absolute Gasteiger partial charge is 0.497 e. The van der Waals surface area contributed by atoms with E-state index in [0.29, 0.717) is 28.3 Å². The number of carbonyl (C=O) groups is 2. The average molecular weight is 409 g/mol. The summed E-state index contributed by atoms with van der Waals surface area (Å²) >= 11 is 0. The second kappa shape index (κ2) is 8.26. The van der Waals surface area contributed by atoms with E-state index in [1.807, 2.05) is 11.0 Å². The third-order valence-electron chi connectivity index (χ3n) is 5.89. The molecule has 1 fully saturated rings. The maximum Gasteiger partial charge on any atom is 0.257 e. The molecule has 0 aliphatic carbocycles. The maximum absolute atomic E-state index is 13.0. The Hall–Kier alpha value is -3.22. The summed E-state index contributed by atoms with van der Waals surface area (Å²) in [6.07, 6.45) is 3.17. The maximum atomic E-state index is 13.0. The zero-order chi connectivity index (χ0) is 21.3. The van der Waals surface area contributed by atoms with E-state index in [1.54, 1.807) is 44.6 Å². The molecule has 0 bridgehead atoms. The van der Waals surface area contributed by atoms with Gasteiger partial charge < -0.3 is 24.6 Å². The highest BCUT2D eigenvalue weighted by molar-refractivity contribution is 6.08. The number of methoxy groups -OCH3 is 2. The van der Waals surface area contributed by atoms with E-state index in [2.05, 4.69) is 17.1 Å². The first-order chi connectivity index (χ1) is 14.6. The number of anilines is 2. The number of nitrogens with one attached hydrogen (secondary N) is 1. The van der Waals surface area contributed by atoms with Crippen LogP contribution in [0.1, 0.15) is 46.9 Å². The van der Waals surface area contributed by atoms with E-state index in [9.17, 15) is 9.59 Å². The standard InChI is InChI=1S/C23H27N3O4/c1-4-25-19-13-15(8-10-17(19)23(28)26-12-6-5-7-21(25)26)22(27)24-18-14-16(29-2)9-11-20(18)30-3/h8-11,13-14,21H,4-7,12H2,1-3H3,(H,24,27). The fourth-order valence-corrected chi connectivity index (χ4v) is 4.37. The molecular formula is C23H27N3O4. The highest BCUT2D eigenvalue weighted by atomic mass is 16.5. The summed E-state index contributed by atoms with van der Waals surface area (Å²) in [5.41, 5.74) is 2.51. The predicted molar refractivity (Wildman–Crippen MR) is 116 cm³/mol. The Labute approximate surface area is 176 Å². The molecule has 7 heteroatoms. The lowest BCUT2D eigenvalue weighted by atomic mass is 9.97. The van der Waals surface area contributed by atoms with Crippen molar-refractivity contribution in [2.45, 2.75) is 32.4 Å². The molecule has 7 nitrogen and oxygen atoms in total. The third kappa shape index (κ3) is 3.44. The summed E-state index contributed by atoms with van der Waals surface area (Å²) < 4.78 is 10.6. The van der Waals surface area contributed by atoms with Gasteiger partial charge in [0.05, 0.1) is 31.2 Å². The summed E-state index contributed by atoms with van der Waals surface area (Å²) in [5, 5.41) is 2.90. The van der Waals surface area contributed by atoms with Crippen LogP contribution in [0.25, 0.3) is 0 Å². The van der Waals surface area contributed by atoms with Crippen LogP contribution in [-0.2, 0) is 0 Å². The molecule has 2 amide bonds. The van der Waals surface area contributed by atoms with E-state index in [-0.39, 0.29) is 18.0 Å². The summed E-state index contributed by atoms with van der Waals surface area (Å²) in [4.78, 5) is 30.2. The van der Waals surface area contributed by atoms with Crippen molar-refractivity contribution in [1.82, 2.24) is 4.90 Å². The van der Waals surface area contributed by atoms with Crippen LogP contribution in [0.3, 0.4) is 0 Å². The van der Waals surface area contributed by atoms with E-state index in [1.165, 1.54) is 0 Å². The number of carbonyl (C=O) groups excluding carboxylic acids is 2. The van der Waals surface area contributed by atoms with Gasteiger partial charge in [-0.3, -0.25) is 9.59 Å². The van der Waals surface area contributed by atoms with Crippen LogP contribution in [0.15, 0.2) is 36.4 Å². The van der Waals surface area contributed by atoms with Gasteiger partial charge in [-0.05, 0) is 56.5 Å². The van der Waals surface area contributed by atoms with Crippen LogP contribution < -0.4 is 19.7 Å². The highest BCUT2D eigenvalue weighted by Gasteiger charge is 2.38. The smallest absolute Gasteiger partial charge is 0.257 e. The van der Waals surface area contributed by atoms with Crippen molar-refractivity contribution < 1.29 is 19.1 Å². The van der Waals surface area contributed by atoms with E-state index < -0.39 is 0 Å². The van der Waals surface area contributed by atoms with Gasteiger partial charge in [-0.1, -0.05) is 0 Å². The second-order valence-electron chi connectivity index (χ2n) is 7.51. The number of nitrogens with zero attached hydrogens (tertiary/aromatic N) is 2. The van der Waals surface area contributed by atoms with Gasteiger partial charge in [-0.25, -0.2) is 0 Å². The normalized spacial score (nSPS) is 17.8. The third-order valence-corrected chi connectivity index (χ3v) is 5.89. The van der Waals surface area contributed by atoms with Gasteiger partial charge in [-0.15, -0.1) is 0 Å². The first kappa shape index (κ1) is 20.1. The van der Waals surface area contributed by atoms with Gasteiger partial charge in [0.2, 0.25) is 0 Å². The van der Waals surface area contributed by atoms with Crippen LogP contribution >= 0.6 is 0 Å². The van der Waals surface area contributed by atoms with Crippen molar-refractivity contribution in [3.63, 3.8) is 0 Å². The highest BCUT2D eigenvalue weighted by Crippen LogP contribution is 2.36. The number of amides is 2. The molecule has 1 saturated heterocycles. The summed E-state index contributed by atoms with van der Waals surface area (Å²) in [6.45, 7) is 3.65. The van der Waals surface area contributed by atoms with Gasteiger partial charge in [0.25, 0.3) is 11.8 Å². The van der Waals surface area contributed by atoms with Crippen molar-refractivity contribution in [3.05, 3.63) is 47.5 Å². The lowest BCUT2D eigenvalue weighted by Gasteiger charge is -2.47. The number of fused-ring (bicyclic) bond motifs is 2. The van der Waals surface area contributed by atoms with Crippen LogP contribution in [-0.4, -0.2) is 50.2 Å². The lowest BCUT2D eigenvalue weighted by molar-refractivity contribution is 0.0582. The molecule has 1 N–H and O–H groups in total. The summed E-state index contributed by atoms with van der Waals surface area (Å²) in [5.74, 6) is 0.960. The number of benzene rings is 2. The van der Waals surface area contributed by atoms with E-state index >= 15 is 0 Å². The minimum Gasteiger partial charge on any atom is -0.497 e.